The first-order chi connectivity index (χ1) is 9.01. The van der Waals surface area contributed by atoms with E-state index in [9.17, 15) is 8.78 Å². The molecule has 0 atom stereocenters. The van der Waals surface area contributed by atoms with Crippen LogP contribution in [0.15, 0.2) is 28.3 Å². The smallest absolute Gasteiger partial charge is 0.317 e. The van der Waals surface area contributed by atoms with E-state index in [2.05, 4.69) is 9.97 Å². The molecule has 0 spiro atoms. The molecule has 0 aliphatic heterocycles. The number of rotatable bonds is 3. The Kier molecular flexibility index (Phi) is 4.06. The highest BCUT2D eigenvalue weighted by Gasteiger charge is 2.15. The first-order valence-electron chi connectivity index (χ1n) is 5.00. The van der Waals surface area contributed by atoms with Gasteiger partial charge in [-0.15, -0.1) is 0 Å². The van der Waals surface area contributed by atoms with E-state index in [4.69, 9.17) is 22.1 Å². The Morgan fingerprint density at radius 2 is 1.95 bits per heavy atom. The van der Waals surface area contributed by atoms with Gasteiger partial charge in [-0.05, 0) is 12.1 Å². The highest BCUT2D eigenvalue weighted by Crippen LogP contribution is 2.36. The van der Waals surface area contributed by atoms with Crippen molar-refractivity contribution in [2.75, 3.05) is 12.8 Å². The normalized spacial score (nSPS) is 10.5. The molecule has 4 nitrogen and oxygen atoms in total. The topological polar surface area (TPSA) is 61.0 Å². The van der Waals surface area contributed by atoms with Crippen molar-refractivity contribution in [2.24, 2.45) is 0 Å². The third kappa shape index (κ3) is 3.05. The van der Waals surface area contributed by atoms with E-state index in [0.29, 0.717) is 0 Å². The Morgan fingerprint density at radius 3 is 2.53 bits per heavy atom. The summed E-state index contributed by atoms with van der Waals surface area (Å²) < 4.78 is 32.1. The number of benzene rings is 1. The molecule has 0 unspecified atom stereocenters. The van der Waals surface area contributed by atoms with Crippen LogP contribution in [-0.4, -0.2) is 17.1 Å². The average molecular weight is 304 g/mol. The average Bonchev–Trinajstić information content (AvgIpc) is 2.35. The van der Waals surface area contributed by atoms with Gasteiger partial charge >= 0.3 is 6.01 Å². The first kappa shape index (κ1) is 13.8. The molecule has 0 amide bonds. The maximum absolute atomic E-state index is 13.7. The second-order valence-corrected chi connectivity index (χ2v) is 4.83. The summed E-state index contributed by atoms with van der Waals surface area (Å²) in [4.78, 5) is 7.46. The number of aromatic nitrogens is 2. The number of nitrogens with zero attached hydrogens (tertiary/aromatic N) is 2. The van der Waals surface area contributed by atoms with Crippen LogP contribution in [0.4, 0.5) is 14.5 Å². The molecule has 2 N–H and O–H groups in total. The van der Waals surface area contributed by atoms with Crippen LogP contribution in [0, 0.1) is 11.6 Å². The van der Waals surface area contributed by atoms with Gasteiger partial charge < -0.3 is 10.5 Å². The number of anilines is 1. The Hall–Kier alpha value is -1.60. The number of nitrogen functional groups attached to an aromatic ring is 1. The van der Waals surface area contributed by atoms with Crippen molar-refractivity contribution in [3.8, 4) is 6.01 Å². The molecule has 1 aromatic carbocycles. The molecule has 1 aromatic heterocycles. The summed E-state index contributed by atoms with van der Waals surface area (Å²) in [7, 11) is 1.38. The summed E-state index contributed by atoms with van der Waals surface area (Å²) in [6, 6.07) is 2.11. The monoisotopic (exact) mass is 303 g/mol. The fraction of sp³-hybridized carbons (Fsp3) is 0.0909. The van der Waals surface area contributed by atoms with Gasteiger partial charge in [-0.3, -0.25) is 0 Å². The van der Waals surface area contributed by atoms with Gasteiger partial charge in [0, 0.05) is 5.69 Å². The van der Waals surface area contributed by atoms with Crippen molar-refractivity contribution in [1.29, 1.82) is 0 Å². The molecule has 19 heavy (non-hydrogen) atoms. The van der Waals surface area contributed by atoms with E-state index < -0.39 is 11.6 Å². The molecule has 0 saturated carbocycles. The number of hydrogen-bond donors (Lipinski definition) is 1. The molecule has 2 rings (SSSR count). The first-order valence-corrected chi connectivity index (χ1v) is 6.19. The zero-order valence-corrected chi connectivity index (χ0v) is 11.2. The fourth-order valence-corrected chi connectivity index (χ4v) is 2.27. The summed E-state index contributed by atoms with van der Waals surface area (Å²) in [5.41, 5.74) is 5.34. The van der Waals surface area contributed by atoms with E-state index in [0.717, 1.165) is 23.9 Å². The van der Waals surface area contributed by atoms with Gasteiger partial charge in [0.2, 0.25) is 0 Å². The van der Waals surface area contributed by atoms with Crippen LogP contribution >= 0.6 is 23.4 Å². The third-order valence-electron chi connectivity index (χ3n) is 2.09. The Morgan fingerprint density at radius 1 is 1.32 bits per heavy atom. The predicted molar refractivity (Wildman–Crippen MR) is 68.5 cm³/mol. The molecule has 0 aliphatic carbocycles. The summed E-state index contributed by atoms with van der Waals surface area (Å²) >= 11 is 6.61. The van der Waals surface area contributed by atoms with Crippen molar-refractivity contribution in [2.45, 2.75) is 9.92 Å². The van der Waals surface area contributed by atoms with Crippen molar-refractivity contribution in [3.05, 3.63) is 35.0 Å². The standard InChI is InChI=1S/C11H8ClF2N3OS/c1-18-11-16-4-6(12)10(17-11)19-9-7(13)2-5(15)3-8(9)14/h2-4H,15H2,1H3. The lowest BCUT2D eigenvalue weighted by molar-refractivity contribution is 0.376. The van der Waals surface area contributed by atoms with Crippen LogP contribution in [-0.2, 0) is 0 Å². The van der Waals surface area contributed by atoms with Gasteiger partial charge in [-0.2, -0.15) is 4.98 Å². The number of nitrogens with two attached hydrogens (primary N) is 1. The SMILES string of the molecule is COc1ncc(Cl)c(Sc2c(F)cc(N)cc2F)n1. The lowest BCUT2D eigenvalue weighted by Gasteiger charge is -2.07. The minimum Gasteiger partial charge on any atom is -0.467 e. The van der Waals surface area contributed by atoms with Crippen LogP contribution in [0.2, 0.25) is 5.02 Å². The summed E-state index contributed by atoms with van der Waals surface area (Å²) in [6.45, 7) is 0. The van der Waals surface area contributed by atoms with Gasteiger partial charge in [0.1, 0.15) is 16.7 Å². The quantitative estimate of drug-likeness (QED) is 0.697. The van der Waals surface area contributed by atoms with Crippen LogP contribution in [0.25, 0.3) is 0 Å². The zero-order chi connectivity index (χ0) is 14.0. The second-order valence-electron chi connectivity index (χ2n) is 3.43. The molecule has 8 heteroatoms. The Bertz CT molecular complexity index is 604. The van der Waals surface area contributed by atoms with Gasteiger partial charge in [-0.25, -0.2) is 13.8 Å². The van der Waals surface area contributed by atoms with E-state index in [1.165, 1.54) is 13.3 Å². The number of hydrogen-bond acceptors (Lipinski definition) is 5. The molecule has 0 saturated heterocycles. The van der Waals surface area contributed by atoms with E-state index in [1.807, 2.05) is 0 Å². The zero-order valence-electron chi connectivity index (χ0n) is 9.65. The second kappa shape index (κ2) is 5.58. The van der Waals surface area contributed by atoms with Crippen LogP contribution in [0.3, 0.4) is 0 Å². The maximum Gasteiger partial charge on any atom is 0.317 e. The molecule has 0 aliphatic rings. The van der Waals surface area contributed by atoms with E-state index in [-0.39, 0.29) is 26.6 Å². The Balaban J connectivity index is 2.41. The third-order valence-corrected chi connectivity index (χ3v) is 3.58. The van der Waals surface area contributed by atoms with Gasteiger partial charge in [-0.1, -0.05) is 23.4 Å². The highest BCUT2D eigenvalue weighted by atomic mass is 35.5. The summed E-state index contributed by atoms with van der Waals surface area (Å²) in [5.74, 6) is -1.56. The minimum absolute atomic E-state index is 0.00529. The largest absolute Gasteiger partial charge is 0.467 e. The fourth-order valence-electron chi connectivity index (χ4n) is 1.28. The number of ether oxygens (including phenoxy) is 1. The highest BCUT2D eigenvalue weighted by molar-refractivity contribution is 7.99. The Labute approximate surface area is 117 Å². The van der Waals surface area contributed by atoms with Crippen molar-refractivity contribution >= 4 is 29.1 Å². The van der Waals surface area contributed by atoms with Gasteiger partial charge in [0.15, 0.2) is 0 Å². The lowest BCUT2D eigenvalue weighted by Crippen LogP contribution is -1.96. The molecule has 100 valence electrons. The number of methoxy groups -OCH3 is 1. The molecule has 0 bridgehead atoms. The minimum atomic E-state index is -0.781. The van der Waals surface area contributed by atoms with Gasteiger partial charge in [0.05, 0.1) is 23.2 Å². The van der Waals surface area contributed by atoms with Crippen molar-refractivity contribution in [3.63, 3.8) is 0 Å². The molecule has 1 heterocycles. The molecular formula is C11H8ClF2N3OS. The molecule has 0 radical (unpaired) electrons. The summed E-state index contributed by atoms with van der Waals surface area (Å²) in [5, 5.41) is 0.359. The summed E-state index contributed by atoms with van der Waals surface area (Å²) in [6.07, 6.45) is 1.29. The maximum atomic E-state index is 13.7. The van der Waals surface area contributed by atoms with Crippen molar-refractivity contribution < 1.29 is 13.5 Å². The van der Waals surface area contributed by atoms with E-state index in [1.54, 1.807) is 0 Å². The lowest BCUT2D eigenvalue weighted by atomic mass is 10.3. The van der Waals surface area contributed by atoms with Crippen molar-refractivity contribution in [1.82, 2.24) is 9.97 Å². The number of halogens is 3. The molecular weight excluding hydrogens is 296 g/mol. The predicted octanol–water partition coefficient (Wildman–Crippen LogP) is 3.15. The molecule has 2 aromatic rings. The molecule has 0 fully saturated rings. The van der Waals surface area contributed by atoms with Crippen LogP contribution < -0.4 is 10.5 Å². The van der Waals surface area contributed by atoms with Crippen LogP contribution in [0.5, 0.6) is 6.01 Å². The van der Waals surface area contributed by atoms with Gasteiger partial charge in [0.25, 0.3) is 0 Å². The van der Waals surface area contributed by atoms with E-state index >= 15 is 0 Å². The van der Waals surface area contributed by atoms with Crippen LogP contribution in [0.1, 0.15) is 0 Å².